The second-order valence-corrected chi connectivity index (χ2v) is 11.6. The fraction of sp³-hybridized carbons (Fsp3) is 0.286. The van der Waals surface area contributed by atoms with Crippen LogP contribution < -0.4 is 9.62 Å². The van der Waals surface area contributed by atoms with E-state index in [-0.39, 0.29) is 29.0 Å². The van der Waals surface area contributed by atoms with E-state index in [0.717, 1.165) is 4.31 Å². The quantitative estimate of drug-likeness (QED) is 0.363. The predicted molar refractivity (Wildman–Crippen MR) is 147 cm³/mol. The van der Waals surface area contributed by atoms with Crippen LogP contribution in [-0.4, -0.2) is 44.3 Å². The number of anilines is 1. The van der Waals surface area contributed by atoms with E-state index in [1.807, 2.05) is 13.8 Å². The lowest BCUT2D eigenvalue weighted by Gasteiger charge is -2.32. The molecule has 7 nitrogen and oxygen atoms in total. The molecule has 0 radical (unpaired) electrons. The van der Waals surface area contributed by atoms with Gasteiger partial charge in [0, 0.05) is 18.1 Å². The summed E-state index contributed by atoms with van der Waals surface area (Å²) in [5.41, 5.74) is 0.831. The van der Waals surface area contributed by atoms with E-state index in [2.05, 4.69) is 5.32 Å². The fourth-order valence-corrected chi connectivity index (χ4v) is 5.24. The van der Waals surface area contributed by atoms with Crippen molar-refractivity contribution >= 4 is 39.1 Å². The molecule has 0 unspecified atom stereocenters. The van der Waals surface area contributed by atoms with Crippen LogP contribution in [0.4, 0.5) is 10.1 Å². The van der Waals surface area contributed by atoms with Crippen LogP contribution in [-0.2, 0) is 26.2 Å². The molecular weight excluding hydrogens is 529 g/mol. The number of halogens is 2. The minimum atomic E-state index is -4.15. The molecule has 2 amide bonds. The number of rotatable bonds is 11. The minimum Gasteiger partial charge on any atom is -0.354 e. The van der Waals surface area contributed by atoms with Gasteiger partial charge < -0.3 is 10.2 Å². The maximum atomic E-state index is 13.8. The summed E-state index contributed by atoms with van der Waals surface area (Å²) in [6, 6.07) is 18.5. The number of carbonyl (C=O) groups excluding carboxylic acids is 2. The molecule has 0 heterocycles. The van der Waals surface area contributed by atoms with Gasteiger partial charge in [0.1, 0.15) is 18.4 Å². The Labute approximate surface area is 228 Å². The summed E-state index contributed by atoms with van der Waals surface area (Å²) in [5, 5.41) is 3.23. The van der Waals surface area contributed by atoms with Crippen LogP contribution in [0, 0.1) is 11.7 Å². The van der Waals surface area contributed by atoms with Crippen LogP contribution in [0.25, 0.3) is 0 Å². The molecule has 0 bridgehead atoms. The summed E-state index contributed by atoms with van der Waals surface area (Å²) in [6.45, 7) is 5.31. The third-order valence-corrected chi connectivity index (χ3v) is 7.88. The van der Waals surface area contributed by atoms with Crippen molar-refractivity contribution in [2.45, 2.75) is 38.3 Å². The zero-order chi connectivity index (χ0) is 27.9. The van der Waals surface area contributed by atoms with Gasteiger partial charge in [-0.2, -0.15) is 0 Å². The minimum absolute atomic E-state index is 0.00978. The largest absolute Gasteiger partial charge is 0.354 e. The van der Waals surface area contributed by atoms with Crippen LogP contribution in [0.1, 0.15) is 26.3 Å². The first-order valence-corrected chi connectivity index (χ1v) is 14.0. The molecular formula is C28H31ClFN3O4S. The van der Waals surface area contributed by atoms with Crippen molar-refractivity contribution in [2.75, 3.05) is 17.4 Å². The molecule has 0 saturated carbocycles. The number of sulfonamides is 1. The first-order chi connectivity index (χ1) is 18.0. The topological polar surface area (TPSA) is 86.8 Å². The van der Waals surface area contributed by atoms with Crippen molar-refractivity contribution in [3.8, 4) is 0 Å². The van der Waals surface area contributed by atoms with Gasteiger partial charge in [0.15, 0.2) is 0 Å². The summed E-state index contributed by atoms with van der Waals surface area (Å²) in [5.74, 6) is -1.21. The van der Waals surface area contributed by atoms with Crippen molar-refractivity contribution in [3.05, 3.63) is 95.3 Å². The second-order valence-electron chi connectivity index (χ2n) is 9.26. The van der Waals surface area contributed by atoms with E-state index in [0.29, 0.717) is 17.1 Å². The van der Waals surface area contributed by atoms with Gasteiger partial charge in [0.05, 0.1) is 10.6 Å². The number of nitrogens with one attached hydrogen (secondary N) is 1. The molecule has 3 aromatic carbocycles. The van der Waals surface area contributed by atoms with Gasteiger partial charge >= 0.3 is 0 Å². The lowest BCUT2D eigenvalue weighted by Crippen LogP contribution is -2.51. The fourth-order valence-electron chi connectivity index (χ4n) is 3.68. The number of carbonyl (C=O) groups is 2. The van der Waals surface area contributed by atoms with Crippen molar-refractivity contribution in [2.24, 2.45) is 5.92 Å². The Hall–Kier alpha value is -3.43. The van der Waals surface area contributed by atoms with Gasteiger partial charge in [-0.3, -0.25) is 13.9 Å². The number of nitrogens with zero attached hydrogens (tertiary/aromatic N) is 2. The predicted octanol–water partition coefficient (Wildman–Crippen LogP) is 4.86. The highest BCUT2D eigenvalue weighted by Crippen LogP contribution is 2.26. The molecule has 38 heavy (non-hydrogen) atoms. The van der Waals surface area contributed by atoms with Crippen LogP contribution >= 0.6 is 11.6 Å². The van der Waals surface area contributed by atoms with E-state index in [4.69, 9.17) is 11.6 Å². The monoisotopic (exact) mass is 559 g/mol. The van der Waals surface area contributed by atoms with E-state index in [1.54, 1.807) is 25.1 Å². The number of hydrogen-bond acceptors (Lipinski definition) is 4. The summed E-state index contributed by atoms with van der Waals surface area (Å²) in [6.07, 6.45) is 0. The first-order valence-electron chi connectivity index (χ1n) is 12.1. The highest BCUT2D eigenvalue weighted by atomic mass is 35.5. The highest BCUT2D eigenvalue weighted by Gasteiger charge is 2.32. The lowest BCUT2D eigenvalue weighted by atomic mass is 10.1. The lowest BCUT2D eigenvalue weighted by molar-refractivity contribution is -0.139. The van der Waals surface area contributed by atoms with E-state index in [1.165, 1.54) is 65.6 Å². The molecule has 10 heteroatoms. The number of benzene rings is 3. The Kier molecular flexibility index (Phi) is 9.88. The van der Waals surface area contributed by atoms with Crippen molar-refractivity contribution < 1.29 is 22.4 Å². The summed E-state index contributed by atoms with van der Waals surface area (Å²) in [7, 11) is -4.15. The molecule has 0 spiro atoms. The molecule has 3 rings (SSSR count). The van der Waals surface area contributed by atoms with Gasteiger partial charge in [-0.25, -0.2) is 12.8 Å². The molecule has 0 aliphatic rings. The van der Waals surface area contributed by atoms with Gasteiger partial charge in [0.25, 0.3) is 10.0 Å². The summed E-state index contributed by atoms with van der Waals surface area (Å²) in [4.78, 5) is 28.0. The van der Waals surface area contributed by atoms with Crippen LogP contribution in [0.15, 0.2) is 83.8 Å². The molecule has 0 saturated heterocycles. The van der Waals surface area contributed by atoms with Crippen molar-refractivity contribution in [1.82, 2.24) is 10.2 Å². The van der Waals surface area contributed by atoms with E-state index in [9.17, 15) is 22.4 Å². The Morgan fingerprint density at radius 1 is 0.921 bits per heavy atom. The molecule has 0 aliphatic heterocycles. The van der Waals surface area contributed by atoms with Crippen LogP contribution in [0.3, 0.4) is 0 Å². The van der Waals surface area contributed by atoms with E-state index >= 15 is 0 Å². The van der Waals surface area contributed by atoms with Crippen molar-refractivity contribution in [3.63, 3.8) is 0 Å². The molecule has 202 valence electrons. The maximum absolute atomic E-state index is 13.8. The molecule has 0 aliphatic carbocycles. The molecule has 1 atom stereocenters. The third kappa shape index (κ3) is 7.55. The van der Waals surface area contributed by atoms with E-state index < -0.39 is 34.3 Å². The van der Waals surface area contributed by atoms with Crippen molar-refractivity contribution in [1.29, 1.82) is 0 Å². The smallest absolute Gasteiger partial charge is 0.264 e. The van der Waals surface area contributed by atoms with Gasteiger partial charge in [0.2, 0.25) is 11.8 Å². The Morgan fingerprint density at radius 3 is 2.11 bits per heavy atom. The standard InChI is InChI=1S/C28H31ClFN3O4S/c1-20(2)17-31-28(35)21(3)32(18-22-9-13-24(30)14-10-22)27(34)19-33(25-15-11-23(29)12-16-25)38(36,37)26-7-5-4-6-8-26/h4-16,20-21H,17-19H2,1-3H3,(H,31,35)/t21-/m0/s1. The Bertz CT molecular complexity index is 1330. The number of amides is 2. The van der Waals surface area contributed by atoms with Gasteiger partial charge in [-0.05, 0) is 66.9 Å². The maximum Gasteiger partial charge on any atom is 0.264 e. The molecule has 0 aromatic heterocycles. The third-order valence-electron chi connectivity index (χ3n) is 5.84. The van der Waals surface area contributed by atoms with Gasteiger partial charge in [-0.15, -0.1) is 0 Å². The second kappa shape index (κ2) is 12.9. The Balaban J connectivity index is 1.98. The molecule has 1 N–H and O–H groups in total. The Morgan fingerprint density at radius 2 is 1.53 bits per heavy atom. The zero-order valence-corrected chi connectivity index (χ0v) is 23.0. The zero-order valence-electron chi connectivity index (χ0n) is 21.5. The molecule has 3 aromatic rings. The van der Waals surface area contributed by atoms with Gasteiger partial charge in [-0.1, -0.05) is 55.8 Å². The number of hydrogen-bond donors (Lipinski definition) is 1. The van der Waals surface area contributed by atoms with Crippen LogP contribution in [0.5, 0.6) is 0 Å². The highest BCUT2D eigenvalue weighted by molar-refractivity contribution is 7.92. The molecule has 0 fully saturated rings. The first kappa shape index (κ1) is 29.1. The average molecular weight is 560 g/mol. The summed E-state index contributed by atoms with van der Waals surface area (Å²) >= 11 is 6.02. The SMILES string of the molecule is CC(C)CNC(=O)[C@H](C)N(Cc1ccc(F)cc1)C(=O)CN(c1ccc(Cl)cc1)S(=O)(=O)c1ccccc1. The van der Waals surface area contributed by atoms with Crippen LogP contribution in [0.2, 0.25) is 5.02 Å². The summed E-state index contributed by atoms with van der Waals surface area (Å²) < 4.78 is 41.8. The normalized spacial score (nSPS) is 12.2. The average Bonchev–Trinajstić information content (AvgIpc) is 2.90.